The van der Waals surface area contributed by atoms with Crippen LogP contribution in [0.15, 0.2) is 79.9 Å². The Morgan fingerprint density at radius 1 is 1.17 bits per heavy atom. The van der Waals surface area contributed by atoms with Gasteiger partial charge in [0.2, 0.25) is 11.8 Å². The van der Waals surface area contributed by atoms with Gasteiger partial charge in [0.15, 0.2) is 0 Å². The van der Waals surface area contributed by atoms with Crippen LogP contribution in [0.3, 0.4) is 0 Å². The molecular weight excluding hydrogens is 622 g/mol. The zero-order valence-electron chi connectivity index (χ0n) is 26.6. The molecule has 0 unspecified atom stereocenters. The van der Waals surface area contributed by atoms with E-state index in [4.69, 9.17) is 21.1 Å². The van der Waals surface area contributed by atoms with Crippen LogP contribution < -0.4 is 10.2 Å². The van der Waals surface area contributed by atoms with Gasteiger partial charge in [0.25, 0.3) is 5.91 Å². The molecule has 0 aliphatic carbocycles. The molecule has 250 valence electrons. The second-order valence-electron chi connectivity index (χ2n) is 12.2. The predicted molar refractivity (Wildman–Crippen MR) is 177 cm³/mol. The Hall–Kier alpha value is -3.99. The van der Waals surface area contributed by atoms with Crippen molar-refractivity contribution in [3.8, 4) is 0 Å². The van der Waals surface area contributed by atoms with Crippen LogP contribution in [-0.2, 0) is 28.7 Å². The summed E-state index contributed by atoms with van der Waals surface area (Å²) in [5, 5.41) is 13.7. The van der Waals surface area contributed by atoms with Crippen LogP contribution in [0.1, 0.15) is 50.7 Å². The van der Waals surface area contributed by atoms with Crippen molar-refractivity contribution in [2.75, 3.05) is 24.6 Å². The van der Waals surface area contributed by atoms with E-state index in [2.05, 4.69) is 18.5 Å². The number of rotatable bonds is 15. The summed E-state index contributed by atoms with van der Waals surface area (Å²) in [5.74, 6) is -3.61. The summed E-state index contributed by atoms with van der Waals surface area (Å²) in [5.41, 5.74) is -0.0450. The highest BCUT2D eigenvalue weighted by Crippen LogP contribution is 2.59. The molecule has 5 rings (SSSR count). The molecule has 0 aromatic heterocycles. The molecule has 3 fully saturated rings. The highest BCUT2D eigenvalue weighted by Gasteiger charge is 2.75. The SMILES string of the molecule is C=CCCC(=O)NC[C@@H](OC(=O)[C@@H]1[C@@H]2CC[C@]3(O2)[C@H](C(=O)N(CC=C)c2ccc(Cl)cc2)N([C@@H](CC)CO)C(=O)[C@@H]13)c1ccccc1. The molecule has 2 aromatic carbocycles. The molecule has 0 radical (unpaired) electrons. The number of fused-ring (bicyclic) bond motifs is 1. The summed E-state index contributed by atoms with van der Waals surface area (Å²) in [6.45, 7) is 9.15. The third-order valence-corrected chi connectivity index (χ3v) is 9.78. The molecule has 1 spiro atoms. The minimum atomic E-state index is -1.29. The largest absolute Gasteiger partial charge is 0.455 e. The number of likely N-dealkylation sites (tertiary alicyclic amines) is 1. The van der Waals surface area contributed by atoms with Gasteiger partial charge in [0.1, 0.15) is 17.7 Å². The molecule has 3 aliphatic rings. The van der Waals surface area contributed by atoms with E-state index in [-0.39, 0.29) is 32.0 Å². The lowest BCUT2D eigenvalue weighted by Crippen LogP contribution is -2.59. The number of anilines is 1. The van der Waals surface area contributed by atoms with E-state index in [1.165, 1.54) is 9.80 Å². The smallest absolute Gasteiger partial charge is 0.313 e. The maximum atomic E-state index is 14.6. The van der Waals surface area contributed by atoms with Crippen molar-refractivity contribution >= 4 is 41.0 Å². The third-order valence-electron chi connectivity index (χ3n) is 9.53. The van der Waals surface area contributed by atoms with Crippen molar-refractivity contribution in [1.29, 1.82) is 0 Å². The van der Waals surface area contributed by atoms with Crippen molar-refractivity contribution < 1.29 is 33.8 Å². The number of esters is 1. The summed E-state index contributed by atoms with van der Waals surface area (Å²) < 4.78 is 12.7. The molecule has 47 heavy (non-hydrogen) atoms. The first-order valence-corrected chi connectivity index (χ1v) is 16.5. The Kier molecular flexibility index (Phi) is 10.8. The lowest BCUT2D eigenvalue weighted by molar-refractivity contribution is -0.161. The Bertz CT molecular complexity index is 1480. The fourth-order valence-electron chi connectivity index (χ4n) is 7.31. The molecule has 2 aromatic rings. The molecule has 3 aliphatic heterocycles. The first-order valence-electron chi connectivity index (χ1n) is 16.1. The van der Waals surface area contributed by atoms with Crippen molar-refractivity contribution in [1.82, 2.24) is 10.2 Å². The number of carbonyl (C=O) groups excluding carboxylic acids is 4. The Morgan fingerprint density at radius 2 is 1.89 bits per heavy atom. The number of benzene rings is 2. The molecular formula is C36H42ClN3O7. The van der Waals surface area contributed by atoms with Gasteiger partial charge < -0.3 is 29.7 Å². The number of hydrogen-bond acceptors (Lipinski definition) is 7. The van der Waals surface area contributed by atoms with Gasteiger partial charge >= 0.3 is 5.97 Å². The zero-order valence-corrected chi connectivity index (χ0v) is 27.3. The monoisotopic (exact) mass is 663 g/mol. The van der Waals surface area contributed by atoms with Crippen LogP contribution in [-0.4, -0.2) is 77.2 Å². The average molecular weight is 664 g/mol. The molecule has 2 N–H and O–H groups in total. The molecule has 2 bridgehead atoms. The number of amides is 3. The van der Waals surface area contributed by atoms with E-state index in [9.17, 15) is 24.3 Å². The maximum Gasteiger partial charge on any atom is 0.313 e. The van der Waals surface area contributed by atoms with Gasteiger partial charge in [-0.15, -0.1) is 13.2 Å². The van der Waals surface area contributed by atoms with Gasteiger partial charge in [-0.3, -0.25) is 19.2 Å². The number of aliphatic hydroxyl groups excluding tert-OH is 1. The quantitative estimate of drug-likeness (QED) is 0.214. The Balaban J connectivity index is 1.47. The van der Waals surface area contributed by atoms with Gasteiger partial charge in [-0.1, -0.05) is 61.0 Å². The zero-order chi connectivity index (χ0) is 33.7. The summed E-state index contributed by atoms with van der Waals surface area (Å²) in [6, 6.07) is 14.1. The molecule has 10 nitrogen and oxygen atoms in total. The number of ether oxygens (including phenoxy) is 2. The van der Waals surface area contributed by atoms with Crippen molar-refractivity contribution in [2.24, 2.45) is 11.8 Å². The first kappa shape index (κ1) is 34.3. The molecule has 3 amide bonds. The Morgan fingerprint density at radius 3 is 2.53 bits per heavy atom. The molecule has 0 saturated carbocycles. The van der Waals surface area contributed by atoms with E-state index >= 15 is 0 Å². The van der Waals surface area contributed by atoms with Crippen LogP contribution in [0.25, 0.3) is 0 Å². The van der Waals surface area contributed by atoms with Gasteiger partial charge in [-0.25, -0.2) is 0 Å². The van der Waals surface area contributed by atoms with E-state index in [1.807, 2.05) is 37.3 Å². The van der Waals surface area contributed by atoms with Gasteiger partial charge in [0, 0.05) is 23.7 Å². The number of hydrogen-bond donors (Lipinski definition) is 2. The maximum absolute atomic E-state index is 14.6. The second kappa shape index (κ2) is 14.8. The summed E-state index contributed by atoms with van der Waals surface area (Å²) in [4.78, 5) is 58.6. The molecule has 7 atom stereocenters. The minimum absolute atomic E-state index is 0.0427. The van der Waals surface area contributed by atoms with Crippen molar-refractivity contribution in [3.63, 3.8) is 0 Å². The first-order chi connectivity index (χ1) is 22.7. The topological polar surface area (TPSA) is 125 Å². The molecule has 3 heterocycles. The number of nitrogens with zero attached hydrogens (tertiary/aromatic N) is 2. The van der Waals surface area contributed by atoms with Crippen LogP contribution >= 0.6 is 11.6 Å². The van der Waals surface area contributed by atoms with Crippen LogP contribution in [0, 0.1) is 11.8 Å². The molecule has 3 saturated heterocycles. The lowest BCUT2D eigenvalue weighted by atomic mass is 9.70. The van der Waals surface area contributed by atoms with E-state index in [0.717, 1.165) is 0 Å². The summed E-state index contributed by atoms with van der Waals surface area (Å²) in [7, 11) is 0. The van der Waals surface area contributed by atoms with Crippen molar-refractivity contribution in [2.45, 2.75) is 68.9 Å². The van der Waals surface area contributed by atoms with Gasteiger partial charge in [-0.05, 0) is 55.5 Å². The lowest BCUT2D eigenvalue weighted by Gasteiger charge is -2.39. The molecule has 11 heteroatoms. The summed E-state index contributed by atoms with van der Waals surface area (Å²) in [6.07, 6.45) is 3.80. The van der Waals surface area contributed by atoms with Crippen LogP contribution in [0.2, 0.25) is 5.02 Å². The second-order valence-corrected chi connectivity index (χ2v) is 12.7. The van der Waals surface area contributed by atoms with Crippen LogP contribution in [0.5, 0.6) is 0 Å². The van der Waals surface area contributed by atoms with Gasteiger partial charge in [-0.2, -0.15) is 0 Å². The standard InChI is InChI=1S/C36H42ClN3O7/c1-4-7-13-29(42)38-21-28(23-11-9-8-10-12-23)46-35(45)30-27-18-19-36(47-27)31(30)33(43)40(25(6-3)22-41)32(36)34(44)39(20-5-2)26-16-14-24(37)15-17-26/h4-5,8-12,14-17,25,27-28,30-32,41H,1-2,6-7,13,18-22H2,3H3,(H,38,42)/t25-,27-,28+,30+,31+,32-,36+/m0/s1. The van der Waals surface area contributed by atoms with E-state index in [1.54, 1.807) is 36.4 Å². The minimum Gasteiger partial charge on any atom is -0.455 e. The number of halogens is 1. The number of aliphatic hydroxyl groups is 1. The predicted octanol–water partition coefficient (Wildman–Crippen LogP) is 4.37. The Labute approximate surface area is 280 Å². The fourth-order valence-corrected chi connectivity index (χ4v) is 7.43. The van der Waals surface area contributed by atoms with E-state index < -0.39 is 59.5 Å². The average Bonchev–Trinajstić information content (AvgIpc) is 3.73. The third kappa shape index (κ3) is 6.59. The van der Waals surface area contributed by atoms with E-state index in [0.29, 0.717) is 42.0 Å². The highest BCUT2D eigenvalue weighted by molar-refractivity contribution is 6.30. The highest BCUT2D eigenvalue weighted by atomic mass is 35.5. The van der Waals surface area contributed by atoms with Crippen molar-refractivity contribution in [3.05, 3.63) is 90.5 Å². The normalized spacial score (nSPS) is 25.5. The fraction of sp³-hybridized carbons (Fsp3) is 0.444. The number of carbonyl (C=O) groups is 4. The van der Waals surface area contributed by atoms with Crippen LogP contribution in [0.4, 0.5) is 5.69 Å². The summed E-state index contributed by atoms with van der Waals surface area (Å²) >= 11 is 6.13. The number of allylic oxidation sites excluding steroid dienone is 1. The number of nitrogens with one attached hydrogen (secondary N) is 1. The van der Waals surface area contributed by atoms with Gasteiger partial charge in [0.05, 0.1) is 37.1 Å².